The maximum absolute atomic E-state index is 12.9. The van der Waals surface area contributed by atoms with Gasteiger partial charge in [0, 0.05) is 36.7 Å². The number of likely N-dealkylation sites (tertiary alicyclic amines) is 1. The van der Waals surface area contributed by atoms with Crippen LogP contribution in [0.5, 0.6) is 0 Å². The van der Waals surface area contributed by atoms with Crippen LogP contribution in [0.3, 0.4) is 0 Å². The minimum atomic E-state index is 0.0850. The number of aryl methyl sites for hydroxylation is 2. The highest BCUT2D eigenvalue weighted by atomic mass is 16.2. The van der Waals surface area contributed by atoms with Crippen molar-refractivity contribution in [3.63, 3.8) is 0 Å². The Hall–Kier alpha value is -2.89. The molecule has 1 aromatic carbocycles. The molecular formula is C20H23N5O. The predicted octanol–water partition coefficient (Wildman–Crippen LogP) is 3.16. The van der Waals surface area contributed by atoms with Crippen molar-refractivity contribution < 1.29 is 4.79 Å². The molecule has 6 nitrogen and oxygen atoms in total. The fraction of sp³-hybridized carbons (Fsp3) is 0.350. The number of piperidine rings is 1. The van der Waals surface area contributed by atoms with Crippen LogP contribution in [-0.2, 0) is 0 Å². The average molecular weight is 349 g/mol. The molecule has 3 heterocycles. The van der Waals surface area contributed by atoms with Crippen molar-refractivity contribution in [1.29, 1.82) is 0 Å². The molecule has 0 aliphatic carbocycles. The Kier molecular flexibility index (Phi) is 4.32. The van der Waals surface area contributed by atoms with Crippen molar-refractivity contribution in [2.45, 2.75) is 32.7 Å². The lowest BCUT2D eigenvalue weighted by Crippen LogP contribution is -2.40. The van der Waals surface area contributed by atoms with Gasteiger partial charge in [0.15, 0.2) is 0 Å². The molecule has 0 unspecified atom stereocenters. The van der Waals surface area contributed by atoms with Gasteiger partial charge in [0.1, 0.15) is 0 Å². The van der Waals surface area contributed by atoms with Crippen LogP contribution < -0.4 is 0 Å². The molecule has 1 aliphatic rings. The van der Waals surface area contributed by atoms with E-state index in [9.17, 15) is 4.79 Å². The normalized spacial score (nSPS) is 17.5. The van der Waals surface area contributed by atoms with Crippen molar-refractivity contribution in [2.75, 3.05) is 13.1 Å². The van der Waals surface area contributed by atoms with Gasteiger partial charge in [-0.1, -0.05) is 0 Å². The molecule has 1 aliphatic heterocycles. The van der Waals surface area contributed by atoms with E-state index < -0.39 is 0 Å². The van der Waals surface area contributed by atoms with Crippen LogP contribution in [0.2, 0.25) is 0 Å². The number of hydrogen-bond donors (Lipinski definition) is 0. The van der Waals surface area contributed by atoms with Crippen LogP contribution in [0.1, 0.15) is 40.6 Å². The van der Waals surface area contributed by atoms with Gasteiger partial charge >= 0.3 is 0 Å². The molecule has 0 spiro atoms. The monoisotopic (exact) mass is 349 g/mol. The number of nitrogens with zero attached hydrogens (tertiary/aromatic N) is 5. The van der Waals surface area contributed by atoms with Crippen molar-refractivity contribution in [3.8, 4) is 5.69 Å². The molecule has 2 aromatic heterocycles. The topological polar surface area (TPSA) is 56.0 Å². The minimum absolute atomic E-state index is 0.0850. The lowest BCUT2D eigenvalue weighted by molar-refractivity contribution is 0.0673. The van der Waals surface area contributed by atoms with Crippen molar-refractivity contribution >= 4 is 5.91 Å². The molecule has 134 valence electrons. The van der Waals surface area contributed by atoms with Gasteiger partial charge in [0.05, 0.1) is 17.4 Å². The largest absolute Gasteiger partial charge is 0.337 e. The molecule has 3 aromatic rings. The Morgan fingerprint density at radius 1 is 1.19 bits per heavy atom. The standard InChI is InChI=1S/C20H23N5O/c1-15-13-16(2)25(22-15)18-8-6-17(7-9-18)20(26)23-11-3-5-19(14-23)24-12-4-10-21-24/h4,6-10,12-13,19H,3,5,11,14H2,1-2H3/t19-/m0/s1. The van der Waals surface area contributed by atoms with E-state index in [1.165, 1.54) is 0 Å². The molecule has 1 atom stereocenters. The van der Waals surface area contributed by atoms with E-state index in [1.807, 2.05) is 70.7 Å². The van der Waals surface area contributed by atoms with Crippen molar-refractivity contribution in [1.82, 2.24) is 24.5 Å². The van der Waals surface area contributed by atoms with Gasteiger partial charge in [-0.3, -0.25) is 9.48 Å². The quantitative estimate of drug-likeness (QED) is 0.730. The van der Waals surface area contributed by atoms with E-state index in [1.54, 1.807) is 6.20 Å². The number of rotatable bonds is 3. The second-order valence-corrected chi connectivity index (χ2v) is 6.92. The van der Waals surface area contributed by atoms with Crippen LogP contribution in [0, 0.1) is 13.8 Å². The zero-order chi connectivity index (χ0) is 18.1. The summed E-state index contributed by atoms with van der Waals surface area (Å²) >= 11 is 0. The first-order valence-electron chi connectivity index (χ1n) is 9.04. The molecule has 1 fully saturated rings. The molecule has 4 rings (SSSR count). The lowest BCUT2D eigenvalue weighted by Gasteiger charge is -2.33. The number of carbonyl (C=O) groups excluding carboxylic acids is 1. The molecule has 0 N–H and O–H groups in total. The maximum Gasteiger partial charge on any atom is 0.253 e. The van der Waals surface area contributed by atoms with E-state index in [4.69, 9.17) is 0 Å². The lowest BCUT2D eigenvalue weighted by atomic mass is 10.0. The minimum Gasteiger partial charge on any atom is -0.337 e. The van der Waals surface area contributed by atoms with Gasteiger partial charge in [0.25, 0.3) is 5.91 Å². The van der Waals surface area contributed by atoms with E-state index >= 15 is 0 Å². The van der Waals surface area contributed by atoms with Gasteiger partial charge in [-0.05, 0) is 63.1 Å². The van der Waals surface area contributed by atoms with E-state index in [2.05, 4.69) is 10.2 Å². The summed E-state index contributed by atoms with van der Waals surface area (Å²) < 4.78 is 3.86. The van der Waals surface area contributed by atoms with Gasteiger partial charge in [0.2, 0.25) is 0 Å². The average Bonchev–Trinajstić information content (AvgIpc) is 3.31. The Labute approximate surface area is 153 Å². The first kappa shape index (κ1) is 16.6. The molecule has 1 saturated heterocycles. The fourth-order valence-electron chi connectivity index (χ4n) is 3.67. The van der Waals surface area contributed by atoms with E-state index in [-0.39, 0.29) is 11.9 Å². The molecule has 0 bridgehead atoms. The number of amides is 1. The second-order valence-electron chi connectivity index (χ2n) is 6.92. The summed E-state index contributed by atoms with van der Waals surface area (Å²) in [6, 6.07) is 11.9. The number of carbonyl (C=O) groups is 1. The third-order valence-corrected chi connectivity index (χ3v) is 4.95. The summed E-state index contributed by atoms with van der Waals surface area (Å²) in [4.78, 5) is 14.8. The molecule has 0 saturated carbocycles. The molecule has 0 radical (unpaired) electrons. The molecule has 6 heteroatoms. The number of hydrogen-bond acceptors (Lipinski definition) is 3. The van der Waals surface area contributed by atoms with E-state index in [0.717, 1.165) is 42.0 Å². The Balaban J connectivity index is 1.50. The zero-order valence-electron chi connectivity index (χ0n) is 15.2. The van der Waals surface area contributed by atoms with E-state index in [0.29, 0.717) is 6.54 Å². The summed E-state index contributed by atoms with van der Waals surface area (Å²) in [6.07, 6.45) is 5.82. The number of benzene rings is 1. The fourth-order valence-corrected chi connectivity index (χ4v) is 3.67. The van der Waals surface area contributed by atoms with Crippen LogP contribution in [-0.4, -0.2) is 43.5 Å². The summed E-state index contributed by atoms with van der Waals surface area (Å²) in [5.41, 5.74) is 3.76. The Morgan fingerprint density at radius 3 is 2.65 bits per heavy atom. The van der Waals surface area contributed by atoms with Gasteiger partial charge < -0.3 is 4.90 Å². The van der Waals surface area contributed by atoms with Crippen LogP contribution in [0.25, 0.3) is 5.69 Å². The van der Waals surface area contributed by atoms with Crippen molar-refractivity contribution in [3.05, 3.63) is 65.7 Å². The predicted molar refractivity (Wildman–Crippen MR) is 99.4 cm³/mol. The third-order valence-electron chi connectivity index (χ3n) is 4.95. The summed E-state index contributed by atoms with van der Waals surface area (Å²) in [5, 5.41) is 8.83. The maximum atomic E-state index is 12.9. The van der Waals surface area contributed by atoms with Gasteiger partial charge in [-0.25, -0.2) is 4.68 Å². The zero-order valence-corrected chi connectivity index (χ0v) is 15.2. The Bertz CT molecular complexity index is 895. The first-order valence-corrected chi connectivity index (χ1v) is 9.04. The highest BCUT2D eigenvalue weighted by molar-refractivity contribution is 5.94. The highest BCUT2D eigenvalue weighted by Gasteiger charge is 2.25. The van der Waals surface area contributed by atoms with Crippen LogP contribution in [0.15, 0.2) is 48.8 Å². The highest BCUT2D eigenvalue weighted by Crippen LogP contribution is 2.22. The summed E-state index contributed by atoms with van der Waals surface area (Å²) in [7, 11) is 0. The smallest absolute Gasteiger partial charge is 0.253 e. The molecule has 1 amide bonds. The SMILES string of the molecule is Cc1cc(C)n(-c2ccc(C(=O)N3CCC[C@H](n4cccn4)C3)cc2)n1. The summed E-state index contributed by atoms with van der Waals surface area (Å²) in [5.74, 6) is 0.0850. The summed E-state index contributed by atoms with van der Waals surface area (Å²) in [6.45, 7) is 5.52. The second kappa shape index (κ2) is 6.78. The molecular weight excluding hydrogens is 326 g/mol. The first-order chi connectivity index (χ1) is 12.6. The Morgan fingerprint density at radius 2 is 2.00 bits per heavy atom. The van der Waals surface area contributed by atoms with Crippen LogP contribution >= 0.6 is 0 Å². The van der Waals surface area contributed by atoms with Crippen LogP contribution in [0.4, 0.5) is 0 Å². The van der Waals surface area contributed by atoms with Gasteiger partial charge in [-0.15, -0.1) is 0 Å². The van der Waals surface area contributed by atoms with Gasteiger partial charge in [-0.2, -0.15) is 10.2 Å². The van der Waals surface area contributed by atoms with Crippen molar-refractivity contribution in [2.24, 2.45) is 0 Å². The third kappa shape index (κ3) is 3.14. The number of aromatic nitrogens is 4. The molecule has 26 heavy (non-hydrogen) atoms.